The summed E-state index contributed by atoms with van der Waals surface area (Å²) >= 11 is 0. The number of amides is 1. The van der Waals surface area contributed by atoms with Crippen molar-refractivity contribution < 1.29 is 53.9 Å². The lowest BCUT2D eigenvalue weighted by Crippen LogP contribution is -2.64. The highest BCUT2D eigenvalue weighted by Gasteiger charge is 2.51. The average molecular weight is 906 g/mol. The van der Waals surface area contributed by atoms with Crippen LogP contribution in [0.3, 0.4) is 0 Å². The van der Waals surface area contributed by atoms with Crippen LogP contribution < -0.4 is 5.32 Å². The van der Waals surface area contributed by atoms with E-state index in [1.165, 1.54) is 173 Å². The number of hydrogen-bond donors (Lipinski definition) is 8. The molecule has 62 heavy (non-hydrogen) atoms. The summed E-state index contributed by atoms with van der Waals surface area (Å²) in [5, 5.41) is 64.0. The first-order chi connectivity index (χ1) is 29.9. The quantitative estimate of drug-likeness (QED) is 0.0164. The van der Waals surface area contributed by atoms with Crippen molar-refractivity contribution in [2.45, 2.75) is 287 Å². The van der Waals surface area contributed by atoms with E-state index in [1.807, 2.05) is 6.08 Å². The molecule has 0 aromatic heterocycles. The van der Waals surface area contributed by atoms with Crippen molar-refractivity contribution in [2.75, 3.05) is 6.61 Å². The van der Waals surface area contributed by atoms with Crippen molar-refractivity contribution in [1.29, 1.82) is 0 Å². The fourth-order valence-electron chi connectivity index (χ4n) is 8.38. The van der Waals surface area contributed by atoms with Crippen molar-refractivity contribution in [2.24, 2.45) is 0 Å². The second-order valence-corrected chi connectivity index (χ2v) is 19.8. The van der Waals surface area contributed by atoms with Crippen LogP contribution in [0.5, 0.6) is 0 Å². The predicted molar refractivity (Wildman–Crippen MR) is 251 cm³/mol. The van der Waals surface area contributed by atoms with Gasteiger partial charge in [0.2, 0.25) is 5.91 Å². The Hall–Kier alpha value is -0.920. The monoisotopic (exact) mass is 906 g/mol. The lowest BCUT2D eigenvalue weighted by Gasteiger charge is -2.41. The van der Waals surface area contributed by atoms with Gasteiger partial charge in [-0.15, -0.1) is 0 Å². The highest BCUT2D eigenvalue weighted by molar-refractivity contribution is 7.47. The van der Waals surface area contributed by atoms with E-state index < -0.39 is 63.2 Å². The Morgan fingerprint density at radius 3 is 1.23 bits per heavy atom. The first kappa shape index (κ1) is 59.1. The van der Waals surface area contributed by atoms with Gasteiger partial charge in [-0.3, -0.25) is 13.8 Å². The molecule has 1 saturated carbocycles. The molecule has 1 amide bonds. The van der Waals surface area contributed by atoms with Gasteiger partial charge in [-0.2, -0.15) is 0 Å². The third-order valence-electron chi connectivity index (χ3n) is 12.6. The molecule has 0 saturated heterocycles. The predicted octanol–water partition coefficient (Wildman–Crippen LogP) is 10.4. The molecule has 8 N–H and O–H groups in total. The second kappa shape index (κ2) is 39.3. The lowest BCUT2D eigenvalue weighted by atomic mass is 9.85. The zero-order valence-corrected chi connectivity index (χ0v) is 40.3. The van der Waals surface area contributed by atoms with Gasteiger partial charge in [-0.05, 0) is 19.3 Å². The van der Waals surface area contributed by atoms with Gasteiger partial charge in [-0.25, -0.2) is 4.57 Å². The van der Waals surface area contributed by atoms with E-state index in [0.29, 0.717) is 6.42 Å². The van der Waals surface area contributed by atoms with Gasteiger partial charge in [0, 0.05) is 6.42 Å². The van der Waals surface area contributed by atoms with E-state index in [-0.39, 0.29) is 12.3 Å². The first-order valence-electron chi connectivity index (χ1n) is 25.6. The lowest BCUT2D eigenvalue weighted by molar-refractivity contribution is -0.220. The minimum absolute atomic E-state index is 0.219. The molecule has 1 rings (SSSR count). The SMILES string of the molecule is CCCCCCCCCCC/C=C/[C@@H](O)[C@H](COP(=O)(O)OC1C(O)C(O)C(O)[C@@H](O)C1O)NC(=O)CCCCCCCCCCCCCCCCCCCCCCCCCC. The standard InChI is InChI=1S/C49H96NO11P/c1-3-5-7-9-11-13-15-16-17-18-19-20-21-22-23-24-25-26-27-29-31-33-35-37-39-43(52)50-41(42(51)38-36-34-32-30-28-14-12-10-8-6-4-2)40-60-62(58,59)61-49-47(56)45(54)44(53)46(55)48(49)57/h36,38,41-42,44-49,51,53-57H,3-35,37,39-40H2,1-2H3,(H,50,52)(H,58,59)/b38-36+/t41-,42+,44?,45+,46?,47?,48?,49?/m0/s1. The van der Waals surface area contributed by atoms with E-state index in [2.05, 4.69) is 19.2 Å². The number of carbonyl (C=O) groups is 1. The number of carbonyl (C=O) groups excluding carboxylic acids is 1. The van der Waals surface area contributed by atoms with Gasteiger partial charge in [-0.1, -0.05) is 225 Å². The Labute approximate surface area is 378 Å². The number of aliphatic hydroxyl groups is 6. The van der Waals surface area contributed by atoms with E-state index in [0.717, 1.165) is 44.9 Å². The van der Waals surface area contributed by atoms with Crippen LogP contribution >= 0.6 is 7.82 Å². The summed E-state index contributed by atoms with van der Waals surface area (Å²) in [5.74, 6) is -0.337. The van der Waals surface area contributed by atoms with Crippen molar-refractivity contribution in [3.8, 4) is 0 Å². The average Bonchev–Trinajstić information content (AvgIpc) is 3.25. The summed E-state index contributed by atoms with van der Waals surface area (Å²) in [4.78, 5) is 23.4. The normalized spacial score (nSPS) is 22.5. The van der Waals surface area contributed by atoms with Crippen LogP contribution in [0.2, 0.25) is 0 Å². The highest BCUT2D eigenvalue weighted by Crippen LogP contribution is 2.47. The molecule has 0 aromatic rings. The Bertz CT molecular complexity index is 1100. The molecule has 1 aliphatic rings. The van der Waals surface area contributed by atoms with Crippen LogP contribution in [0.1, 0.15) is 239 Å². The molecule has 0 spiro atoms. The Morgan fingerprint density at radius 1 is 0.532 bits per heavy atom. The van der Waals surface area contributed by atoms with E-state index in [9.17, 15) is 44.9 Å². The molecule has 1 fully saturated rings. The van der Waals surface area contributed by atoms with Crippen LogP contribution in [0.4, 0.5) is 0 Å². The maximum atomic E-state index is 13.0. The second-order valence-electron chi connectivity index (χ2n) is 18.4. The van der Waals surface area contributed by atoms with Crippen molar-refractivity contribution in [1.82, 2.24) is 5.32 Å². The molecule has 1 aliphatic carbocycles. The number of allylic oxidation sites excluding steroid dienone is 1. The number of aliphatic hydroxyl groups excluding tert-OH is 6. The maximum absolute atomic E-state index is 13.0. The number of phosphoric ester groups is 1. The van der Waals surface area contributed by atoms with Gasteiger partial charge in [0.15, 0.2) is 0 Å². The molecular formula is C49H96NO11P. The van der Waals surface area contributed by atoms with Gasteiger partial charge >= 0.3 is 7.82 Å². The van der Waals surface area contributed by atoms with E-state index >= 15 is 0 Å². The molecule has 13 heteroatoms. The van der Waals surface area contributed by atoms with Gasteiger partial charge in [0.1, 0.15) is 36.6 Å². The molecule has 0 aromatic carbocycles. The third-order valence-corrected chi connectivity index (χ3v) is 13.6. The van der Waals surface area contributed by atoms with E-state index in [1.54, 1.807) is 0 Å². The fourth-order valence-corrected chi connectivity index (χ4v) is 9.34. The molecule has 12 nitrogen and oxygen atoms in total. The Kier molecular flexibility index (Phi) is 37.4. The number of nitrogens with one attached hydrogen (secondary N) is 1. The molecule has 0 bridgehead atoms. The summed E-state index contributed by atoms with van der Waals surface area (Å²) < 4.78 is 22.9. The van der Waals surface area contributed by atoms with Crippen LogP contribution in [-0.4, -0.2) is 96.8 Å². The molecular weight excluding hydrogens is 810 g/mol. The zero-order chi connectivity index (χ0) is 45.7. The van der Waals surface area contributed by atoms with Gasteiger partial charge in [0.05, 0.1) is 18.8 Å². The van der Waals surface area contributed by atoms with Crippen LogP contribution in [0, 0.1) is 0 Å². The Balaban J connectivity index is 2.33. The number of rotatable bonds is 43. The summed E-state index contributed by atoms with van der Waals surface area (Å²) in [6.07, 6.45) is 33.0. The minimum Gasteiger partial charge on any atom is -0.387 e. The largest absolute Gasteiger partial charge is 0.472 e. The Morgan fingerprint density at radius 2 is 0.855 bits per heavy atom. The number of hydrogen-bond acceptors (Lipinski definition) is 10. The van der Waals surface area contributed by atoms with Crippen LogP contribution in [-0.2, 0) is 18.4 Å². The van der Waals surface area contributed by atoms with Crippen LogP contribution in [0.25, 0.3) is 0 Å². The summed E-state index contributed by atoms with van der Waals surface area (Å²) in [5.41, 5.74) is 0. The minimum atomic E-state index is -5.07. The molecule has 9 atom stereocenters. The van der Waals surface area contributed by atoms with Gasteiger partial charge in [0.25, 0.3) is 0 Å². The highest BCUT2D eigenvalue weighted by atomic mass is 31.2. The molecule has 0 radical (unpaired) electrons. The summed E-state index contributed by atoms with van der Waals surface area (Å²) in [6.45, 7) is 3.84. The van der Waals surface area contributed by atoms with Crippen molar-refractivity contribution in [3.63, 3.8) is 0 Å². The summed E-state index contributed by atoms with van der Waals surface area (Å²) in [7, 11) is -5.07. The van der Waals surface area contributed by atoms with E-state index in [4.69, 9.17) is 9.05 Å². The zero-order valence-electron chi connectivity index (χ0n) is 39.4. The molecule has 0 aliphatic heterocycles. The number of unbranched alkanes of at least 4 members (excludes halogenated alkanes) is 32. The number of phosphoric acid groups is 1. The fraction of sp³-hybridized carbons (Fsp3) is 0.939. The smallest absolute Gasteiger partial charge is 0.387 e. The van der Waals surface area contributed by atoms with Crippen molar-refractivity contribution in [3.05, 3.63) is 12.2 Å². The third kappa shape index (κ3) is 30.3. The van der Waals surface area contributed by atoms with Crippen molar-refractivity contribution >= 4 is 13.7 Å². The first-order valence-corrected chi connectivity index (χ1v) is 27.1. The molecule has 368 valence electrons. The van der Waals surface area contributed by atoms with Gasteiger partial charge < -0.3 is 40.8 Å². The summed E-state index contributed by atoms with van der Waals surface area (Å²) in [6, 6.07) is -1.11. The molecule has 0 heterocycles. The molecule has 6 unspecified atom stereocenters. The topological polar surface area (TPSA) is 206 Å². The maximum Gasteiger partial charge on any atom is 0.472 e. The van der Waals surface area contributed by atoms with Crippen LogP contribution in [0.15, 0.2) is 12.2 Å².